The first-order chi connectivity index (χ1) is 13.3. The van der Waals surface area contributed by atoms with Crippen LogP contribution in [0.1, 0.15) is 32.4 Å². The van der Waals surface area contributed by atoms with Gasteiger partial charge in [0.25, 0.3) is 0 Å². The molecule has 0 amide bonds. The van der Waals surface area contributed by atoms with Crippen molar-refractivity contribution in [2.45, 2.75) is 39.5 Å². The molecule has 2 rings (SSSR count). The number of hydrogen-bond acceptors (Lipinski definition) is 5. The highest BCUT2D eigenvalue weighted by atomic mass is 32.1. The molecule has 2 atom stereocenters. The van der Waals surface area contributed by atoms with Crippen LogP contribution in [0.3, 0.4) is 0 Å². The normalized spacial score (nSPS) is 18.2. The van der Waals surface area contributed by atoms with E-state index in [-0.39, 0.29) is 24.0 Å². The molecule has 0 saturated heterocycles. The van der Waals surface area contributed by atoms with Crippen LogP contribution in [0.2, 0.25) is 0 Å². The molecule has 0 aliphatic carbocycles. The number of rotatable bonds is 8. The Kier molecular flexibility index (Phi) is 7.70. The summed E-state index contributed by atoms with van der Waals surface area (Å²) in [6.45, 7) is 2.90. The third-order valence-electron chi connectivity index (χ3n) is 4.32. The number of allylic oxidation sites excluding steroid dienone is 1. The van der Waals surface area contributed by atoms with Gasteiger partial charge in [0, 0.05) is 18.4 Å². The van der Waals surface area contributed by atoms with Crippen molar-refractivity contribution in [3.63, 3.8) is 0 Å². The molecule has 1 aromatic carbocycles. The van der Waals surface area contributed by atoms with Crippen molar-refractivity contribution < 1.29 is 27.8 Å². The maximum atomic E-state index is 12.9. The number of esters is 1. The summed E-state index contributed by atoms with van der Waals surface area (Å²) in [5.74, 6) is -0.591. The summed E-state index contributed by atoms with van der Waals surface area (Å²) >= 11 is 5.49. The van der Waals surface area contributed by atoms with Gasteiger partial charge in [0.15, 0.2) is 5.11 Å². The van der Waals surface area contributed by atoms with Gasteiger partial charge in [0.1, 0.15) is 5.75 Å². The summed E-state index contributed by atoms with van der Waals surface area (Å²) in [6.07, 6.45) is 0. The second-order valence-electron chi connectivity index (χ2n) is 6.19. The maximum Gasteiger partial charge on any atom is 0.387 e. The fourth-order valence-corrected chi connectivity index (χ4v) is 3.67. The van der Waals surface area contributed by atoms with E-state index in [1.807, 2.05) is 6.92 Å². The van der Waals surface area contributed by atoms with Crippen LogP contribution < -0.4 is 10.1 Å². The van der Waals surface area contributed by atoms with Gasteiger partial charge in [-0.3, -0.25) is 0 Å². The highest BCUT2D eigenvalue weighted by molar-refractivity contribution is 7.80. The molecule has 6 nitrogen and oxygen atoms in total. The predicted molar refractivity (Wildman–Crippen MR) is 104 cm³/mol. The van der Waals surface area contributed by atoms with E-state index in [4.69, 9.17) is 21.7 Å². The molecule has 1 aliphatic heterocycles. The number of alkyl halides is 2. The summed E-state index contributed by atoms with van der Waals surface area (Å²) < 4.78 is 40.8. The average Bonchev–Trinajstić information content (AvgIpc) is 2.61. The van der Waals surface area contributed by atoms with Crippen molar-refractivity contribution in [2.75, 3.05) is 20.3 Å². The third-order valence-corrected chi connectivity index (χ3v) is 4.63. The molecule has 0 unspecified atom stereocenters. The van der Waals surface area contributed by atoms with Crippen molar-refractivity contribution in [3.8, 4) is 5.75 Å². The van der Waals surface area contributed by atoms with Crippen molar-refractivity contribution in [3.05, 3.63) is 41.1 Å². The van der Waals surface area contributed by atoms with Gasteiger partial charge in [-0.1, -0.05) is 18.2 Å². The zero-order valence-electron chi connectivity index (χ0n) is 16.2. The Morgan fingerprint density at radius 3 is 2.64 bits per heavy atom. The fraction of sp³-hybridized carbons (Fsp3) is 0.474. The Bertz CT molecular complexity index is 757. The number of para-hydroxylation sites is 1. The van der Waals surface area contributed by atoms with Crippen LogP contribution >= 0.6 is 12.2 Å². The van der Waals surface area contributed by atoms with Gasteiger partial charge < -0.3 is 24.4 Å². The fourth-order valence-electron chi connectivity index (χ4n) is 3.23. The molecule has 0 aromatic heterocycles. The lowest BCUT2D eigenvalue weighted by Gasteiger charge is -2.40. The molecule has 1 aromatic rings. The summed E-state index contributed by atoms with van der Waals surface area (Å²) in [5, 5.41) is 3.43. The first kappa shape index (κ1) is 22.0. The maximum absolute atomic E-state index is 12.9. The summed E-state index contributed by atoms with van der Waals surface area (Å²) in [5.41, 5.74) is 1.22. The van der Waals surface area contributed by atoms with Crippen LogP contribution in [-0.2, 0) is 14.3 Å². The average molecular weight is 414 g/mol. The number of nitrogens with one attached hydrogen (secondary N) is 1. The molecule has 0 fully saturated rings. The second kappa shape index (κ2) is 9.79. The molecular formula is C19H24F2N2O4S. The van der Waals surface area contributed by atoms with E-state index in [0.29, 0.717) is 23.0 Å². The van der Waals surface area contributed by atoms with E-state index in [1.165, 1.54) is 6.07 Å². The molecule has 28 heavy (non-hydrogen) atoms. The number of methoxy groups -OCH3 is 1. The number of benzene rings is 1. The Balaban J connectivity index is 2.58. The number of nitrogens with zero attached hydrogens (tertiary/aromatic N) is 1. The number of hydrogen-bond donors (Lipinski definition) is 1. The van der Waals surface area contributed by atoms with Crippen LogP contribution in [0.15, 0.2) is 35.5 Å². The molecule has 154 valence electrons. The van der Waals surface area contributed by atoms with E-state index in [2.05, 4.69) is 10.1 Å². The highest BCUT2D eigenvalue weighted by Gasteiger charge is 2.37. The lowest BCUT2D eigenvalue weighted by atomic mass is 9.93. The van der Waals surface area contributed by atoms with Crippen LogP contribution in [-0.4, -0.2) is 49.0 Å². The van der Waals surface area contributed by atoms with Gasteiger partial charge in [0.05, 0.1) is 30.9 Å². The number of thiocarbonyl (C=S) groups is 1. The van der Waals surface area contributed by atoms with Crippen LogP contribution in [0.5, 0.6) is 5.75 Å². The molecule has 1 aliphatic rings. The highest BCUT2D eigenvalue weighted by Crippen LogP contribution is 2.37. The number of carbonyl (C=O) groups excluding carboxylic acids is 1. The number of halogens is 2. The van der Waals surface area contributed by atoms with Crippen LogP contribution in [0.4, 0.5) is 8.78 Å². The first-order valence-corrected chi connectivity index (χ1v) is 9.22. The molecule has 0 radical (unpaired) electrons. The Morgan fingerprint density at radius 1 is 1.36 bits per heavy atom. The van der Waals surface area contributed by atoms with Gasteiger partial charge in [-0.25, -0.2) is 4.79 Å². The van der Waals surface area contributed by atoms with Gasteiger partial charge in [-0.05, 0) is 39.1 Å². The Morgan fingerprint density at radius 2 is 2.04 bits per heavy atom. The molecule has 0 bridgehead atoms. The van der Waals surface area contributed by atoms with Gasteiger partial charge in [0.2, 0.25) is 0 Å². The van der Waals surface area contributed by atoms with Gasteiger partial charge in [-0.2, -0.15) is 8.78 Å². The lowest BCUT2D eigenvalue weighted by molar-refractivity contribution is -0.139. The van der Waals surface area contributed by atoms with Gasteiger partial charge in [-0.15, -0.1) is 0 Å². The Hall–Kier alpha value is -2.26. The second-order valence-corrected chi connectivity index (χ2v) is 6.58. The third kappa shape index (κ3) is 4.77. The summed E-state index contributed by atoms with van der Waals surface area (Å²) in [7, 11) is 1.57. The Labute approximate surface area is 168 Å². The molecule has 1 heterocycles. The molecule has 0 saturated carbocycles. The minimum absolute atomic E-state index is 0.0363. The van der Waals surface area contributed by atoms with Gasteiger partial charge >= 0.3 is 12.6 Å². The minimum Gasteiger partial charge on any atom is -0.463 e. The zero-order chi connectivity index (χ0) is 20.8. The van der Waals surface area contributed by atoms with Crippen LogP contribution in [0.25, 0.3) is 0 Å². The topological polar surface area (TPSA) is 60.0 Å². The molecular weight excluding hydrogens is 390 g/mol. The van der Waals surface area contributed by atoms with E-state index >= 15 is 0 Å². The van der Waals surface area contributed by atoms with Crippen molar-refractivity contribution in [2.24, 2.45) is 0 Å². The zero-order valence-corrected chi connectivity index (χ0v) is 17.0. The standard InChI is InChI=1S/C19H24F2N2O4S/c1-5-26-17(24)15-12(3)23(11(2)10-25-4)19(28)22-16(15)13-8-6-7-9-14(13)27-18(20)21/h6-9,11,16,18H,5,10H2,1-4H3,(H,22,28)/t11-,16-/m1/s1. The number of carbonyl (C=O) groups is 1. The molecule has 0 spiro atoms. The van der Waals surface area contributed by atoms with E-state index in [1.54, 1.807) is 44.1 Å². The smallest absolute Gasteiger partial charge is 0.387 e. The van der Waals surface area contributed by atoms with E-state index < -0.39 is 18.6 Å². The predicted octanol–water partition coefficient (Wildman–Crippen LogP) is 3.39. The molecule has 9 heteroatoms. The van der Waals surface area contributed by atoms with E-state index in [0.717, 1.165) is 0 Å². The van der Waals surface area contributed by atoms with Crippen LogP contribution in [0, 0.1) is 0 Å². The number of ether oxygens (including phenoxy) is 3. The monoisotopic (exact) mass is 414 g/mol. The van der Waals surface area contributed by atoms with E-state index in [9.17, 15) is 13.6 Å². The van der Waals surface area contributed by atoms with Crippen molar-refractivity contribution in [1.29, 1.82) is 0 Å². The minimum atomic E-state index is -2.99. The summed E-state index contributed by atoms with van der Waals surface area (Å²) in [4.78, 5) is 14.5. The first-order valence-electron chi connectivity index (χ1n) is 8.82. The molecule has 1 N–H and O–H groups in total. The quantitative estimate of drug-likeness (QED) is 0.517. The summed E-state index contributed by atoms with van der Waals surface area (Å²) in [6, 6.07) is 5.35. The largest absolute Gasteiger partial charge is 0.463 e. The van der Waals surface area contributed by atoms with Crippen molar-refractivity contribution >= 4 is 23.3 Å². The lowest BCUT2D eigenvalue weighted by Crippen LogP contribution is -2.52. The van der Waals surface area contributed by atoms with Crippen molar-refractivity contribution in [1.82, 2.24) is 10.2 Å². The SMILES string of the molecule is CCOC(=O)C1=C(C)N([C@H](C)COC)C(=S)N[C@@H]1c1ccccc1OC(F)F.